The van der Waals surface area contributed by atoms with Crippen molar-refractivity contribution in [1.29, 1.82) is 0 Å². The average Bonchev–Trinajstić information content (AvgIpc) is 2.85. The minimum Gasteiger partial charge on any atom is -0.496 e. The molecule has 2 aromatic rings. The zero-order valence-electron chi connectivity index (χ0n) is 10.5. The van der Waals surface area contributed by atoms with E-state index in [1.807, 2.05) is 17.5 Å². The van der Waals surface area contributed by atoms with E-state index in [9.17, 15) is 0 Å². The van der Waals surface area contributed by atoms with Crippen LogP contribution in [0.5, 0.6) is 5.75 Å². The number of hydrogen-bond acceptors (Lipinski definition) is 5. The molecule has 2 N–H and O–H groups in total. The normalized spacial score (nSPS) is 10.6. The third kappa shape index (κ3) is 2.87. The maximum atomic E-state index is 5.37. The molecule has 0 saturated heterocycles. The van der Waals surface area contributed by atoms with Crippen molar-refractivity contribution in [2.75, 3.05) is 13.7 Å². The fraction of sp³-hybridized carbons (Fsp3) is 0.308. The van der Waals surface area contributed by atoms with Crippen LogP contribution in [0.3, 0.4) is 0 Å². The third-order valence-corrected chi connectivity index (χ3v) is 3.53. The molecular formula is C13H16N2O2S. The Morgan fingerprint density at radius 2 is 2.22 bits per heavy atom. The lowest BCUT2D eigenvalue weighted by atomic mass is 10.1. The van der Waals surface area contributed by atoms with Crippen LogP contribution in [0.15, 0.2) is 23.6 Å². The van der Waals surface area contributed by atoms with Crippen molar-refractivity contribution in [2.45, 2.75) is 13.3 Å². The fourth-order valence-electron chi connectivity index (χ4n) is 1.72. The highest BCUT2D eigenvalue weighted by atomic mass is 32.1. The van der Waals surface area contributed by atoms with Gasteiger partial charge in [-0.1, -0.05) is 11.6 Å². The van der Waals surface area contributed by atoms with E-state index in [0.717, 1.165) is 28.4 Å². The van der Waals surface area contributed by atoms with Crippen molar-refractivity contribution >= 4 is 11.3 Å². The Morgan fingerprint density at radius 1 is 1.39 bits per heavy atom. The van der Waals surface area contributed by atoms with E-state index in [2.05, 4.69) is 22.8 Å². The second-order valence-electron chi connectivity index (χ2n) is 3.95. The van der Waals surface area contributed by atoms with Gasteiger partial charge in [0.15, 0.2) is 0 Å². The lowest BCUT2D eigenvalue weighted by molar-refractivity contribution is 0.141. The second kappa shape index (κ2) is 5.95. The van der Waals surface area contributed by atoms with Gasteiger partial charge in [0.05, 0.1) is 24.4 Å². The highest BCUT2D eigenvalue weighted by Gasteiger charge is 2.10. The van der Waals surface area contributed by atoms with Gasteiger partial charge in [-0.05, 0) is 19.1 Å². The van der Waals surface area contributed by atoms with E-state index in [0.29, 0.717) is 6.61 Å². The molecule has 0 saturated carbocycles. The summed E-state index contributed by atoms with van der Waals surface area (Å²) in [5, 5.41) is 3.04. The topological polar surface area (TPSA) is 57.4 Å². The molecule has 0 radical (unpaired) electrons. The first kappa shape index (κ1) is 13.0. The number of aromatic nitrogens is 1. The second-order valence-corrected chi connectivity index (χ2v) is 4.89. The van der Waals surface area contributed by atoms with E-state index in [-0.39, 0.29) is 0 Å². The Morgan fingerprint density at radius 3 is 2.94 bits per heavy atom. The molecule has 5 heteroatoms. The number of ether oxygens (including phenoxy) is 1. The Labute approximate surface area is 110 Å². The van der Waals surface area contributed by atoms with Crippen molar-refractivity contribution in [2.24, 2.45) is 5.90 Å². The fourth-order valence-corrected chi connectivity index (χ4v) is 2.50. The Balaban J connectivity index is 2.30. The summed E-state index contributed by atoms with van der Waals surface area (Å²) in [4.78, 5) is 9.14. The van der Waals surface area contributed by atoms with Crippen LogP contribution >= 0.6 is 11.3 Å². The van der Waals surface area contributed by atoms with Gasteiger partial charge in [-0.15, -0.1) is 11.3 Å². The Bertz CT molecular complexity index is 525. The number of nitrogens with two attached hydrogens (primary N) is 1. The monoisotopic (exact) mass is 264 g/mol. The van der Waals surface area contributed by atoms with Crippen molar-refractivity contribution in [1.82, 2.24) is 4.98 Å². The summed E-state index contributed by atoms with van der Waals surface area (Å²) >= 11 is 1.61. The van der Waals surface area contributed by atoms with Crippen LogP contribution in [0.25, 0.3) is 11.3 Å². The van der Waals surface area contributed by atoms with Gasteiger partial charge < -0.3 is 9.57 Å². The van der Waals surface area contributed by atoms with Crippen LogP contribution in [0.1, 0.15) is 10.6 Å². The first-order chi connectivity index (χ1) is 8.74. The van der Waals surface area contributed by atoms with Gasteiger partial charge in [-0.3, -0.25) is 0 Å². The maximum absolute atomic E-state index is 5.37. The molecule has 18 heavy (non-hydrogen) atoms. The number of hydrogen-bond donors (Lipinski definition) is 1. The smallest absolute Gasteiger partial charge is 0.128 e. The summed E-state index contributed by atoms with van der Waals surface area (Å²) in [6, 6.07) is 6.07. The number of benzene rings is 1. The Kier molecular flexibility index (Phi) is 4.30. The van der Waals surface area contributed by atoms with Gasteiger partial charge in [0.25, 0.3) is 0 Å². The van der Waals surface area contributed by atoms with E-state index < -0.39 is 0 Å². The summed E-state index contributed by atoms with van der Waals surface area (Å²) in [6.45, 7) is 2.54. The molecule has 1 heterocycles. The van der Waals surface area contributed by atoms with Crippen LogP contribution < -0.4 is 10.6 Å². The highest BCUT2D eigenvalue weighted by molar-refractivity contribution is 7.09. The summed E-state index contributed by atoms with van der Waals surface area (Å²) in [5.74, 6) is 5.86. The van der Waals surface area contributed by atoms with Gasteiger partial charge in [0.2, 0.25) is 0 Å². The zero-order valence-corrected chi connectivity index (χ0v) is 11.3. The summed E-state index contributed by atoms with van der Waals surface area (Å²) in [7, 11) is 1.67. The van der Waals surface area contributed by atoms with Crippen molar-refractivity contribution in [3.63, 3.8) is 0 Å². The third-order valence-electron chi connectivity index (χ3n) is 2.62. The van der Waals surface area contributed by atoms with Crippen molar-refractivity contribution < 1.29 is 9.57 Å². The number of rotatable bonds is 5. The average molecular weight is 264 g/mol. The largest absolute Gasteiger partial charge is 0.496 e. The molecule has 96 valence electrons. The van der Waals surface area contributed by atoms with Crippen molar-refractivity contribution in [3.8, 4) is 17.0 Å². The van der Waals surface area contributed by atoms with Crippen LogP contribution in [0.2, 0.25) is 0 Å². The van der Waals surface area contributed by atoms with Gasteiger partial charge in [-0.25, -0.2) is 10.9 Å². The first-order valence-corrected chi connectivity index (χ1v) is 6.53. The molecule has 1 aromatic heterocycles. The zero-order chi connectivity index (χ0) is 13.0. The molecule has 0 spiro atoms. The predicted molar refractivity (Wildman–Crippen MR) is 72.7 cm³/mol. The molecule has 2 rings (SSSR count). The van der Waals surface area contributed by atoms with Gasteiger partial charge in [-0.2, -0.15) is 0 Å². The van der Waals surface area contributed by atoms with Gasteiger partial charge in [0, 0.05) is 17.4 Å². The molecular weight excluding hydrogens is 248 g/mol. The predicted octanol–water partition coefficient (Wildman–Crippen LogP) is 2.56. The molecule has 1 aromatic carbocycles. The van der Waals surface area contributed by atoms with Gasteiger partial charge in [0.1, 0.15) is 5.75 Å². The number of nitrogens with zero attached hydrogens (tertiary/aromatic N) is 1. The molecule has 0 fully saturated rings. The van der Waals surface area contributed by atoms with Crippen LogP contribution in [-0.4, -0.2) is 18.7 Å². The molecule has 0 aliphatic heterocycles. The summed E-state index contributed by atoms with van der Waals surface area (Å²) in [6.07, 6.45) is 0.731. The van der Waals surface area contributed by atoms with Gasteiger partial charge >= 0.3 is 0 Å². The maximum Gasteiger partial charge on any atom is 0.128 e. The van der Waals surface area contributed by atoms with Crippen molar-refractivity contribution in [3.05, 3.63) is 34.2 Å². The summed E-state index contributed by atoms with van der Waals surface area (Å²) < 4.78 is 5.37. The first-order valence-electron chi connectivity index (χ1n) is 5.65. The lowest BCUT2D eigenvalue weighted by Crippen LogP contribution is -2.03. The van der Waals surface area contributed by atoms with Crippen LogP contribution in [0.4, 0.5) is 0 Å². The highest BCUT2D eigenvalue weighted by Crippen LogP contribution is 2.31. The van der Waals surface area contributed by atoms with E-state index in [1.165, 1.54) is 5.56 Å². The molecule has 0 amide bonds. The number of methoxy groups -OCH3 is 1. The van der Waals surface area contributed by atoms with E-state index >= 15 is 0 Å². The standard InChI is InChI=1S/C13H16N2O2S/c1-9-3-4-12(16-2)10(7-9)11-8-18-13(15-11)5-6-17-14/h3-4,7-8H,5-6,14H2,1-2H3. The molecule has 0 aliphatic carbocycles. The number of aryl methyl sites for hydroxylation is 1. The van der Waals surface area contributed by atoms with E-state index in [4.69, 9.17) is 10.6 Å². The minimum absolute atomic E-state index is 0.484. The van der Waals surface area contributed by atoms with Crippen LogP contribution in [-0.2, 0) is 11.3 Å². The van der Waals surface area contributed by atoms with Crippen LogP contribution in [0, 0.1) is 6.92 Å². The molecule has 0 bridgehead atoms. The SMILES string of the molecule is COc1ccc(C)cc1-c1csc(CCON)n1. The summed E-state index contributed by atoms with van der Waals surface area (Å²) in [5.41, 5.74) is 3.15. The quantitative estimate of drug-likeness (QED) is 0.843. The number of thiazole rings is 1. The van der Waals surface area contributed by atoms with E-state index in [1.54, 1.807) is 18.4 Å². The molecule has 0 atom stereocenters. The molecule has 4 nitrogen and oxygen atoms in total. The molecule has 0 aliphatic rings. The lowest BCUT2D eigenvalue weighted by Gasteiger charge is -2.07. The minimum atomic E-state index is 0.484. The Hall–Kier alpha value is -1.43. The molecule has 0 unspecified atom stereocenters.